The third-order valence-electron chi connectivity index (χ3n) is 5.32. The summed E-state index contributed by atoms with van der Waals surface area (Å²) < 4.78 is 0. The molecule has 1 aliphatic heterocycles. The molecule has 5 heteroatoms. The smallest absolute Gasteiger partial charge is 0.307 e. The van der Waals surface area contributed by atoms with Crippen LogP contribution in [0.2, 0.25) is 0 Å². The Balaban J connectivity index is 1.50. The van der Waals surface area contributed by atoms with Crippen LogP contribution in [-0.4, -0.2) is 47.9 Å². The molecule has 3 rings (SSSR count). The molecular weight excluding hydrogens is 316 g/mol. The Morgan fingerprint density at radius 2 is 2.04 bits per heavy atom. The van der Waals surface area contributed by atoms with Gasteiger partial charge in [-0.2, -0.15) is 0 Å². The predicted octanol–water partition coefficient (Wildman–Crippen LogP) is 3.51. The van der Waals surface area contributed by atoms with Gasteiger partial charge in [0, 0.05) is 19.0 Å². The number of rotatable bonds is 6. The fraction of sp³-hybridized carbons (Fsp3) is 0.600. The number of nitrogens with zero attached hydrogens (tertiary/aromatic N) is 2. The van der Waals surface area contributed by atoms with Gasteiger partial charge in [0.25, 0.3) is 0 Å². The lowest BCUT2D eigenvalue weighted by atomic mass is 9.82. The second-order valence-electron chi connectivity index (χ2n) is 7.10. The van der Waals surface area contributed by atoms with E-state index in [1.807, 2.05) is 6.07 Å². The highest BCUT2D eigenvalue weighted by Gasteiger charge is 2.25. The zero-order valence-corrected chi connectivity index (χ0v) is 14.8. The SMILES string of the molecule is O=C(O)[C@@H]1CCCN(CCO/N=C2\CCCCC2c2ccccc2)C1. The molecule has 2 fully saturated rings. The van der Waals surface area contributed by atoms with Crippen LogP contribution >= 0.6 is 0 Å². The fourth-order valence-electron chi connectivity index (χ4n) is 3.91. The first kappa shape index (κ1) is 17.9. The van der Waals surface area contributed by atoms with Crippen molar-refractivity contribution in [2.24, 2.45) is 11.1 Å². The lowest BCUT2D eigenvalue weighted by Gasteiger charge is -2.30. The molecule has 25 heavy (non-hydrogen) atoms. The van der Waals surface area contributed by atoms with E-state index in [4.69, 9.17) is 9.94 Å². The molecule has 2 aliphatic rings. The van der Waals surface area contributed by atoms with Crippen molar-refractivity contribution in [2.45, 2.75) is 44.4 Å². The molecule has 0 amide bonds. The van der Waals surface area contributed by atoms with Gasteiger partial charge in [0.05, 0.1) is 11.6 Å². The average molecular weight is 344 g/mol. The molecule has 2 atom stereocenters. The van der Waals surface area contributed by atoms with Crippen molar-refractivity contribution in [1.82, 2.24) is 4.90 Å². The van der Waals surface area contributed by atoms with Crippen molar-refractivity contribution in [3.8, 4) is 0 Å². The van der Waals surface area contributed by atoms with Gasteiger partial charge in [-0.1, -0.05) is 41.9 Å². The first-order valence-corrected chi connectivity index (χ1v) is 9.43. The second-order valence-corrected chi connectivity index (χ2v) is 7.10. The number of carbonyl (C=O) groups is 1. The summed E-state index contributed by atoms with van der Waals surface area (Å²) >= 11 is 0. The van der Waals surface area contributed by atoms with Crippen LogP contribution in [0.4, 0.5) is 0 Å². The number of benzene rings is 1. The van der Waals surface area contributed by atoms with E-state index in [-0.39, 0.29) is 5.92 Å². The van der Waals surface area contributed by atoms with Crippen molar-refractivity contribution in [3.63, 3.8) is 0 Å². The van der Waals surface area contributed by atoms with Crippen molar-refractivity contribution in [3.05, 3.63) is 35.9 Å². The molecule has 0 radical (unpaired) electrons. The molecule has 1 aromatic carbocycles. The number of oxime groups is 1. The monoisotopic (exact) mass is 344 g/mol. The Hall–Kier alpha value is -1.88. The van der Waals surface area contributed by atoms with Crippen molar-refractivity contribution < 1.29 is 14.7 Å². The maximum Gasteiger partial charge on any atom is 0.307 e. The van der Waals surface area contributed by atoms with E-state index >= 15 is 0 Å². The maximum atomic E-state index is 11.1. The predicted molar refractivity (Wildman–Crippen MR) is 97.8 cm³/mol. The molecule has 0 bridgehead atoms. The van der Waals surface area contributed by atoms with Gasteiger partial charge >= 0.3 is 5.97 Å². The third-order valence-corrected chi connectivity index (χ3v) is 5.32. The normalized spacial score (nSPS) is 26.5. The maximum absolute atomic E-state index is 11.1. The van der Waals surface area contributed by atoms with Crippen LogP contribution in [0.5, 0.6) is 0 Å². The lowest BCUT2D eigenvalue weighted by molar-refractivity contribution is -0.143. The molecule has 1 N–H and O–H groups in total. The van der Waals surface area contributed by atoms with Crippen LogP contribution in [0.15, 0.2) is 35.5 Å². The summed E-state index contributed by atoms with van der Waals surface area (Å²) in [6.45, 7) is 2.85. The van der Waals surface area contributed by atoms with Crippen LogP contribution in [0.3, 0.4) is 0 Å². The van der Waals surface area contributed by atoms with Crippen molar-refractivity contribution in [1.29, 1.82) is 0 Å². The molecule has 1 heterocycles. The first-order chi connectivity index (χ1) is 12.2. The highest BCUT2D eigenvalue weighted by atomic mass is 16.6. The van der Waals surface area contributed by atoms with Gasteiger partial charge in [-0.05, 0) is 44.2 Å². The van der Waals surface area contributed by atoms with Gasteiger partial charge in [-0.25, -0.2) is 0 Å². The molecule has 136 valence electrons. The molecule has 1 aromatic rings. The summed E-state index contributed by atoms with van der Waals surface area (Å²) in [7, 11) is 0. The first-order valence-electron chi connectivity index (χ1n) is 9.43. The fourth-order valence-corrected chi connectivity index (χ4v) is 3.91. The van der Waals surface area contributed by atoms with E-state index in [0.29, 0.717) is 19.1 Å². The third kappa shape index (κ3) is 5.05. The summed E-state index contributed by atoms with van der Waals surface area (Å²) in [4.78, 5) is 18.9. The second kappa shape index (κ2) is 8.99. The minimum Gasteiger partial charge on any atom is -0.481 e. The van der Waals surface area contributed by atoms with Crippen LogP contribution in [0.1, 0.15) is 50.0 Å². The van der Waals surface area contributed by atoms with Gasteiger partial charge in [0.2, 0.25) is 0 Å². The topological polar surface area (TPSA) is 62.1 Å². The van der Waals surface area contributed by atoms with Gasteiger partial charge in [-0.3, -0.25) is 9.69 Å². The highest BCUT2D eigenvalue weighted by molar-refractivity contribution is 5.91. The van der Waals surface area contributed by atoms with Gasteiger partial charge in [-0.15, -0.1) is 0 Å². The van der Waals surface area contributed by atoms with Crippen molar-refractivity contribution in [2.75, 3.05) is 26.2 Å². The van der Waals surface area contributed by atoms with Gasteiger partial charge in [0.15, 0.2) is 0 Å². The molecule has 5 nitrogen and oxygen atoms in total. The number of likely N-dealkylation sites (tertiary alicyclic amines) is 1. The zero-order valence-electron chi connectivity index (χ0n) is 14.8. The van der Waals surface area contributed by atoms with Crippen LogP contribution in [0.25, 0.3) is 0 Å². The Labute approximate surface area is 149 Å². The minimum atomic E-state index is -0.682. The van der Waals surface area contributed by atoms with Crippen LogP contribution < -0.4 is 0 Å². The summed E-state index contributed by atoms with van der Waals surface area (Å²) in [6.07, 6.45) is 6.29. The van der Waals surface area contributed by atoms with E-state index < -0.39 is 5.97 Å². The lowest BCUT2D eigenvalue weighted by Crippen LogP contribution is -2.40. The Morgan fingerprint density at radius 3 is 2.84 bits per heavy atom. The molecule has 1 unspecified atom stereocenters. The zero-order chi connectivity index (χ0) is 17.5. The number of hydrogen-bond donors (Lipinski definition) is 1. The number of carboxylic acids is 1. The molecule has 1 saturated carbocycles. The van der Waals surface area contributed by atoms with Crippen LogP contribution in [-0.2, 0) is 9.63 Å². The van der Waals surface area contributed by atoms with E-state index in [1.165, 1.54) is 18.4 Å². The Morgan fingerprint density at radius 1 is 1.20 bits per heavy atom. The number of piperidine rings is 1. The molecule has 1 saturated heterocycles. The largest absolute Gasteiger partial charge is 0.481 e. The molecular formula is C20H28N2O3. The van der Waals surface area contributed by atoms with Crippen molar-refractivity contribution >= 4 is 11.7 Å². The number of carboxylic acid groups (broad SMARTS) is 1. The molecule has 0 aromatic heterocycles. The Bertz CT molecular complexity index is 588. The van der Waals surface area contributed by atoms with E-state index in [1.54, 1.807) is 0 Å². The van der Waals surface area contributed by atoms with E-state index in [9.17, 15) is 4.79 Å². The average Bonchev–Trinajstić information content (AvgIpc) is 2.66. The minimum absolute atomic E-state index is 0.235. The summed E-state index contributed by atoms with van der Waals surface area (Å²) in [6, 6.07) is 10.6. The molecule has 0 spiro atoms. The van der Waals surface area contributed by atoms with Crippen LogP contribution in [0, 0.1) is 5.92 Å². The molecule has 1 aliphatic carbocycles. The summed E-state index contributed by atoms with van der Waals surface area (Å²) in [5.41, 5.74) is 2.48. The quantitative estimate of drug-likeness (QED) is 0.634. The number of hydrogen-bond acceptors (Lipinski definition) is 4. The standard InChI is InChI=1S/C20H28N2O3/c23-20(24)17-9-6-12-22(15-17)13-14-25-21-19-11-5-4-10-18(19)16-7-2-1-3-8-16/h1-3,7-8,17-18H,4-6,9-15H2,(H,23,24)/b21-19+/t17-,18?/m1/s1. The van der Waals surface area contributed by atoms with E-state index in [2.05, 4.69) is 34.3 Å². The summed E-state index contributed by atoms with van der Waals surface area (Å²) in [5.74, 6) is -0.541. The highest BCUT2D eigenvalue weighted by Crippen LogP contribution is 2.30. The van der Waals surface area contributed by atoms with E-state index in [0.717, 1.165) is 44.5 Å². The van der Waals surface area contributed by atoms with Gasteiger partial charge < -0.3 is 9.94 Å². The Kier molecular flexibility index (Phi) is 6.45. The van der Waals surface area contributed by atoms with Gasteiger partial charge in [0.1, 0.15) is 6.61 Å². The summed E-state index contributed by atoms with van der Waals surface area (Å²) in [5, 5.41) is 13.6. The number of aliphatic carboxylic acids is 1.